The Balaban J connectivity index is 1.58. The van der Waals surface area contributed by atoms with Crippen molar-refractivity contribution < 1.29 is 14.3 Å². The number of nitrogens with zero attached hydrogens (tertiary/aromatic N) is 1. The summed E-state index contributed by atoms with van der Waals surface area (Å²) in [4.78, 5) is 26.3. The molecule has 3 rings (SSSR count). The van der Waals surface area contributed by atoms with Crippen LogP contribution >= 0.6 is 11.6 Å². The first-order valence-corrected chi connectivity index (χ1v) is 8.91. The van der Waals surface area contributed by atoms with E-state index in [2.05, 4.69) is 6.07 Å². The quantitative estimate of drug-likeness (QED) is 0.607. The second-order valence-electron chi connectivity index (χ2n) is 6.21. The molecule has 0 N–H and O–H groups in total. The average Bonchev–Trinajstić information content (AvgIpc) is 2.66. The Kier molecular flexibility index (Phi) is 5.74. The number of ether oxygens (including phenoxy) is 1. The number of hydrogen-bond donors (Lipinski definition) is 0. The number of carbonyl (C=O) groups is 2. The van der Waals surface area contributed by atoms with Crippen LogP contribution in [0.2, 0.25) is 5.02 Å². The van der Waals surface area contributed by atoms with E-state index >= 15 is 0 Å². The molecule has 0 radical (unpaired) electrons. The molecule has 4 nitrogen and oxygen atoms in total. The van der Waals surface area contributed by atoms with Gasteiger partial charge in [-0.3, -0.25) is 4.79 Å². The monoisotopic (exact) mass is 369 g/mol. The molecule has 5 heteroatoms. The first-order valence-electron chi connectivity index (χ1n) is 8.53. The van der Waals surface area contributed by atoms with E-state index in [0.717, 1.165) is 17.5 Å². The van der Waals surface area contributed by atoms with Gasteiger partial charge in [0.25, 0.3) is 5.91 Å². The summed E-state index contributed by atoms with van der Waals surface area (Å²) in [5.41, 5.74) is 3.13. The van der Waals surface area contributed by atoms with Gasteiger partial charge in [-0.25, -0.2) is 4.79 Å². The number of esters is 1. The minimum Gasteiger partial charge on any atom is -0.449 e. The summed E-state index contributed by atoms with van der Waals surface area (Å²) in [5, 5.41) is 0.549. The lowest BCUT2D eigenvalue weighted by Crippen LogP contribution is -2.42. The molecule has 1 atom stereocenters. The Morgan fingerprint density at radius 2 is 1.81 bits per heavy atom. The highest BCUT2D eigenvalue weighted by atomic mass is 35.5. The summed E-state index contributed by atoms with van der Waals surface area (Å²) in [6.45, 7) is 2.78. The number of benzene rings is 2. The Hall–Kier alpha value is -2.59. The highest BCUT2D eigenvalue weighted by molar-refractivity contribution is 6.32. The van der Waals surface area contributed by atoms with E-state index in [1.807, 2.05) is 30.3 Å². The van der Waals surface area contributed by atoms with Crippen LogP contribution in [0.4, 0.5) is 0 Å². The van der Waals surface area contributed by atoms with Crippen LogP contribution < -0.4 is 0 Å². The van der Waals surface area contributed by atoms with E-state index in [1.54, 1.807) is 30.0 Å². The van der Waals surface area contributed by atoms with Gasteiger partial charge in [0.1, 0.15) is 0 Å². The zero-order chi connectivity index (χ0) is 18.5. The maximum absolute atomic E-state index is 12.6. The first kappa shape index (κ1) is 18.2. The lowest BCUT2D eigenvalue weighted by molar-refractivity contribution is -0.155. The van der Waals surface area contributed by atoms with Crippen molar-refractivity contribution in [1.29, 1.82) is 0 Å². The van der Waals surface area contributed by atoms with Gasteiger partial charge >= 0.3 is 5.97 Å². The van der Waals surface area contributed by atoms with Gasteiger partial charge in [0, 0.05) is 24.2 Å². The third-order valence-corrected chi connectivity index (χ3v) is 4.73. The van der Waals surface area contributed by atoms with Gasteiger partial charge in [0.15, 0.2) is 6.10 Å². The summed E-state index contributed by atoms with van der Waals surface area (Å²) < 4.78 is 5.25. The van der Waals surface area contributed by atoms with E-state index in [0.29, 0.717) is 18.1 Å². The largest absolute Gasteiger partial charge is 0.449 e. The van der Waals surface area contributed by atoms with Crippen LogP contribution in [0.3, 0.4) is 0 Å². The summed E-state index contributed by atoms with van der Waals surface area (Å²) >= 11 is 6.04. The predicted octanol–water partition coefficient (Wildman–Crippen LogP) is 3.87. The molecule has 2 aromatic rings. The standard InChI is InChI=1S/C21H20ClNO3/c1-15(26-20(24)11-10-17-7-4-5-9-19(17)22)21(25)23-13-12-16-6-2-3-8-18(16)14-23/h2-11,15H,12-14H2,1H3/b11-10+/t15-/m0/s1. The fraction of sp³-hybridized carbons (Fsp3) is 0.238. The molecule has 1 amide bonds. The molecule has 0 spiro atoms. The molecule has 1 heterocycles. The second kappa shape index (κ2) is 8.19. The molecule has 26 heavy (non-hydrogen) atoms. The number of carbonyl (C=O) groups excluding carboxylic acids is 2. The van der Waals surface area contributed by atoms with E-state index in [-0.39, 0.29) is 5.91 Å². The maximum atomic E-state index is 12.6. The van der Waals surface area contributed by atoms with Crippen LogP contribution in [0.5, 0.6) is 0 Å². The normalized spacial score (nSPS) is 14.8. The molecule has 134 valence electrons. The van der Waals surface area contributed by atoms with Crippen LogP contribution in [-0.2, 0) is 27.3 Å². The molecular formula is C21H20ClNO3. The summed E-state index contributed by atoms with van der Waals surface area (Å²) in [6, 6.07) is 15.3. The predicted molar refractivity (Wildman–Crippen MR) is 102 cm³/mol. The van der Waals surface area contributed by atoms with E-state index in [1.165, 1.54) is 11.6 Å². The Labute approximate surface area is 158 Å². The Morgan fingerprint density at radius 1 is 1.12 bits per heavy atom. The molecule has 1 aliphatic rings. The average molecular weight is 370 g/mol. The lowest BCUT2D eigenvalue weighted by atomic mass is 9.99. The molecule has 0 saturated carbocycles. The lowest BCUT2D eigenvalue weighted by Gasteiger charge is -2.30. The fourth-order valence-corrected chi connectivity index (χ4v) is 3.17. The zero-order valence-electron chi connectivity index (χ0n) is 14.5. The van der Waals surface area contributed by atoms with Gasteiger partial charge in [-0.15, -0.1) is 0 Å². The topological polar surface area (TPSA) is 46.6 Å². The first-order chi connectivity index (χ1) is 12.5. The highest BCUT2D eigenvalue weighted by Gasteiger charge is 2.26. The fourth-order valence-electron chi connectivity index (χ4n) is 2.97. The summed E-state index contributed by atoms with van der Waals surface area (Å²) in [7, 11) is 0. The van der Waals surface area contributed by atoms with Crippen molar-refractivity contribution in [3.63, 3.8) is 0 Å². The molecule has 0 bridgehead atoms. The van der Waals surface area contributed by atoms with Crippen LogP contribution in [0.25, 0.3) is 6.08 Å². The third kappa shape index (κ3) is 4.33. The summed E-state index contributed by atoms with van der Waals surface area (Å²) in [5.74, 6) is -0.748. The molecule has 2 aromatic carbocycles. The van der Waals surface area contributed by atoms with Crippen LogP contribution in [0, 0.1) is 0 Å². The molecule has 0 aliphatic carbocycles. The van der Waals surface area contributed by atoms with Crippen molar-refractivity contribution in [2.75, 3.05) is 6.54 Å². The molecule has 1 aliphatic heterocycles. The Bertz CT molecular complexity index is 847. The van der Waals surface area contributed by atoms with E-state index in [9.17, 15) is 9.59 Å². The molecule has 0 aromatic heterocycles. The van der Waals surface area contributed by atoms with Crippen molar-refractivity contribution in [1.82, 2.24) is 4.90 Å². The smallest absolute Gasteiger partial charge is 0.331 e. The molecule has 0 saturated heterocycles. The second-order valence-corrected chi connectivity index (χ2v) is 6.62. The van der Waals surface area contributed by atoms with Crippen molar-refractivity contribution in [2.24, 2.45) is 0 Å². The summed E-state index contributed by atoms with van der Waals surface area (Å²) in [6.07, 6.45) is 2.86. The van der Waals surface area contributed by atoms with Crippen LogP contribution in [-0.4, -0.2) is 29.4 Å². The maximum Gasteiger partial charge on any atom is 0.331 e. The van der Waals surface area contributed by atoms with Gasteiger partial charge in [0.05, 0.1) is 0 Å². The van der Waals surface area contributed by atoms with Gasteiger partial charge < -0.3 is 9.64 Å². The highest BCUT2D eigenvalue weighted by Crippen LogP contribution is 2.20. The van der Waals surface area contributed by atoms with Gasteiger partial charge in [-0.2, -0.15) is 0 Å². The number of rotatable bonds is 4. The van der Waals surface area contributed by atoms with Crippen molar-refractivity contribution >= 4 is 29.6 Å². The Morgan fingerprint density at radius 3 is 2.58 bits per heavy atom. The number of hydrogen-bond acceptors (Lipinski definition) is 3. The molecule has 0 unspecified atom stereocenters. The third-order valence-electron chi connectivity index (χ3n) is 4.39. The number of fused-ring (bicyclic) bond motifs is 1. The van der Waals surface area contributed by atoms with Crippen molar-refractivity contribution in [3.8, 4) is 0 Å². The van der Waals surface area contributed by atoms with Crippen LogP contribution in [0.15, 0.2) is 54.6 Å². The minimum absolute atomic E-state index is 0.181. The van der Waals surface area contributed by atoms with Gasteiger partial charge in [-0.1, -0.05) is 54.1 Å². The number of amides is 1. The molecular weight excluding hydrogens is 350 g/mol. The SMILES string of the molecule is C[C@H](OC(=O)/C=C/c1ccccc1Cl)C(=O)N1CCc2ccccc2C1. The van der Waals surface area contributed by atoms with Crippen molar-refractivity contribution in [3.05, 3.63) is 76.3 Å². The number of halogens is 1. The molecule has 0 fully saturated rings. The van der Waals surface area contributed by atoms with Crippen LogP contribution in [0.1, 0.15) is 23.6 Å². The van der Waals surface area contributed by atoms with E-state index < -0.39 is 12.1 Å². The minimum atomic E-state index is -0.830. The van der Waals surface area contributed by atoms with Gasteiger partial charge in [0.2, 0.25) is 0 Å². The zero-order valence-corrected chi connectivity index (χ0v) is 15.3. The van der Waals surface area contributed by atoms with E-state index in [4.69, 9.17) is 16.3 Å². The van der Waals surface area contributed by atoms with Crippen molar-refractivity contribution in [2.45, 2.75) is 26.0 Å². The van der Waals surface area contributed by atoms with Gasteiger partial charge in [-0.05, 0) is 42.2 Å².